The molecule has 14 heavy (non-hydrogen) atoms. The van der Waals surface area contributed by atoms with E-state index in [0.717, 1.165) is 16.6 Å². The van der Waals surface area contributed by atoms with E-state index in [1.54, 1.807) is 6.20 Å². The van der Waals surface area contributed by atoms with Crippen molar-refractivity contribution in [2.75, 3.05) is 7.11 Å². The molecule has 2 aromatic heterocycles. The number of hydrogen-bond donors (Lipinski definition) is 1. The predicted octanol–water partition coefficient (Wildman–Crippen LogP) is 2.43. The summed E-state index contributed by atoms with van der Waals surface area (Å²) >= 11 is 0. The summed E-state index contributed by atoms with van der Waals surface area (Å²) in [5.41, 5.74) is 2.10. The number of aryl methyl sites for hydroxylation is 1. The van der Waals surface area contributed by atoms with Crippen LogP contribution in [0, 0.1) is 13.5 Å². The number of hydrogen-bond acceptors (Lipinski definition) is 2. The fourth-order valence-electron chi connectivity index (χ4n) is 1.49. The summed E-state index contributed by atoms with van der Waals surface area (Å²) in [6.07, 6.45) is 1.80. The number of pyridine rings is 1. The van der Waals surface area contributed by atoms with Crippen molar-refractivity contribution in [2.45, 2.75) is 6.92 Å². The smallest absolute Gasteiger partial charge is 0.270 e. The summed E-state index contributed by atoms with van der Waals surface area (Å²) in [4.78, 5) is 10.6. The molecular weight excluding hydrogens is 178 g/mol. The Morgan fingerprint density at radius 1 is 1.57 bits per heavy atom. The molecule has 0 unspecified atom stereocenters. The SMILES string of the molecule is [C-]#[N+]c1c(OC)nc(C)c2cc[nH]c12. The summed E-state index contributed by atoms with van der Waals surface area (Å²) in [6, 6.07) is 1.91. The maximum absolute atomic E-state index is 7.06. The molecule has 0 aliphatic heterocycles. The molecule has 0 radical (unpaired) electrons. The van der Waals surface area contributed by atoms with E-state index >= 15 is 0 Å². The van der Waals surface area contributed by atoms with Crippen LogP contribution < -0.4 is 4.74 Å². The Kier molecular flexibility index (Phi) is 1.86. The normalized spacial score (nSPS) is 10.1. The van der Waals surface area contributed by atoms with Crippen LogP contribution >= 0.6 is 0 Å². The Morgan fingerprint density at radius 2 is 2.36 bits per heavy atom. The van der Waals surface area contributed by atoms with Gasteiger partial charge in [0.05, 0.1) is 19.2 Å². The van der Waals surface area contributed by atoms with Crippen LogP contribution in [-0.2, 0) is 0 Å². The Morgan fingerprint density at radius 3 is 3.00 bits per heavy atom. The quantitative estimate of drug-likeness (QED) is 0.696. The highest BCUT2D eigenvalue weighted by molar-refractivity contribution is 5.95. The van der Waals surface area contributed by atoms with E-state index in [0.29, 0.717) is 11.6 Å². The molecule has 2 heterocycles. The van der Waals surface area contributed by atoms with Crippen LogP contribution in [0.4, 0.5) is 5.69 Å². The molecule has 0 spiro atoms. The first-order valence-electron chi connectivity index (χ1n) is 4.17. The van der Waals surface area contributed by atoms with Crippen LogP contribution in [0.3, 0.4) is 0 Å². The topological polar surface area (TPSA) is 42.3 Å². The molecular formula is C10H9N3O. The van der Waals surface area contributed by atoms with Crippen molar-refractivity contribution >= 4 is 16.6 Å². The molecule has 0 amide bonds. The van der Waals surface area contributed by atoms with Gasteiger partial charge in [-0.05, 0) is 13.0 Å². The lowest BCUT2D eigenvalue weighted by Gasteiger charge is -2.04. The van der Waals surface area contributed by atoms with E-state index in [-0.39, 0.29) is 0 Å². The van der Waals surface area contributed by atoms with Gasteiger partial charge in [-0.3, -0.25) is 0 Å². The van der Waals surface area contributed by atoms with E-state index < -0.39 is 0 Å². The van der Waals surface area contributed by atoms with Crippen molar-refractivity contribution in [3.8, 4) is 5.88 Å². The van der Waals surface area contributed by atoms with Crippen LogP contribution in [0.15, 0.2) is 12.3 Å². The largest absolute Gasteiger partial charge is 0.490 e. The van der Waals surface area contributed by atoms with Crippen LogP contribution in [-0.4, -0.2) is 17.1 Å². The van der Waals surface area contributed by atoms with Crippen molar-refractivity contribution in [2.24, 2.45) is 0 Å². The second kappa shape index (κ2) is 3.04. The molecule has 0 fully saturated rings. The standard InChI is InChI=1S/C10H9N3O/c1-6-7-4-5-12-8(7)9(11-2)10(13-6)14-3/h4-5,12H,1,3H3. The Balaban J connectivity index is 2.91. The van der Waals surface area contributed by atoms with E-state index in [4.69, 9.17) is 11.3 Å². The molecule has 0 aromatic carbocycles. The van der Waals surface area contributed by atoms with Gasteiger partial charge in [-0.2, -0.15) is 0 Å². The fraction of sp³-hybridized carbons (Fsp3) is 0.200. The van der Waals surface area contributed by atoms with Crippen molar-refractivity contribution < 1.29 is 4.74 Å². The molecule has 0 aliphatic rings. The Labute approximate surface area is 81.4 Å². The monoisotopic (exact) mass is 187 g/mol. The number of methoxy groups -OCH3 is 1. The first-order chi connectivity index (χ1) is 6.77. The van der Waals surface area contributed by atoms with E-state index in [9.17, 15) is 0 Å². The Bertz CT molecular complexity index is 522. The molecule has 4 heteroatoms. The zero-order chi connectivity index (χ0) is 10.1. The average molecular weight is 187 g/mol. The van der Waals surface area contributed by atoms with E-state index in [2.05, 4.69) is 14.8 Å². The second-order valence-corrected chi connectivity index (χ2v) is 2.93. The van der Waals surface area contributed by atoms with Crippen LogP contribution in [0.5, 0.6) is 5.88 Å². The minimum absolute atomic E-state index is 0.382. The van der Waals surface area contributed by atoms with Crippen LogP contribution in [0.2, 0.25) is 0 Å². The first kappa shape index (κ1) is 8.57. The third-order valence-corrected chi connectivity index (χ3v) is 2.15. The maximum Gasteiger partial charge on any atom is 0.270 e. The molecule has 0 saturated heterocycles. The molecule has 0 bridgehead atoms. The van der Waals surface area contributed by atoms with Crippen molar-refractivity contribution in [3.05, 3.63) is 29.4 Å². The summed E-state index contributed by atoms with van der Waals surface area (Å²) in [7, 11) is 1.52. The molecule has 4 nitrogen and oxygen atoms in total. The van der Waals surface area contributed by atoms with Gasteiger partial charge in [0.1, 0.15) is 0 Å². The number of fused-ring (bicyclic) bond motifs is 1. The number of H-pyrrole nitrogens is 1. The van der Waals surface area contributed by atoms with Gasteiger partial charge in [-0.25, -0.2) is 9.83 Å². The molecule has 0 saturated carbocycles. The van der Waals surface area contributed by atoms with Gasteiger partial charge in [0.25, 0.3) is 5.69 Å². The molecule has 2 aromatic rings. The number of nitrogens with one attached hydrogen (secondary N) is 1. The highest BCUT2D eigenvalue weighted by atomic mass is 16.5. The number of nitrogens with zero attached hydrogens (tertiary/aromatic N) is 2. The van der Waals surface area contributed by atoms with Gasteiger partial charge in [0, 0.05) is 17.3 Å². The zero-order valence-corrected chi connectivity index (χ0v) is 7.96. The highest BCUT2D eigenvalue weighted by Crippen LogP contribution is 2.34. The van der Waals surface area contributed by atoms with Gasteiger partial charge in [-0.15, -0.1) is 0 Å². The van der Waals surface area contributed by atoms with E-state index in [1.165, 1.54) is 7.11 Å². The van der Waals surface area contributed by atoms with Gasteiger partial charge >= 0.3 is 0 Å². The number of ether oxygens (including phenoxy) is 1. The van der Waals surface area contributed by atoms with Gasteiger partial charge in [0.15, 0.2) is 0 Å². The lowest BCUT2D eigenvalue weighted by molar-refractivity contribution is 0.400. The maximum atomic E-state index is 7.06. The molecule has 1 N–H and O–H groups in total. The summed E-state index contributed by atoms with van der Waals surface area (Å²) in [5, 5.41) is 0.969. The average Bonchev–Trinajstić information content (AvgIpc) is 2.66. The summed E-state index contributed by atoms with van der Waals surface area (Å²) in [5.74, 6) is 0.382. The minimum atomic E-state index is 0.382. The predicted molar refractivity (Wildman–Crippen MR) is 53.6 cm³/mol. The van der Waals surface area contributed by atoms with Crippen molar-refractivity contribution in [3.63, 3.8) is 0 Å². The third-order valence-electron chi connectivity index (χ3n) is 2.15. The minimum Gasteiger partial charge on any atom is -0.490 e. The molecule has 2 rings (SSSR count). The van der Waals surface area contributed by atoms with Crippen LogP contribution in [0.1, 0.15) is 5.69 Å². The fourth-order valence-corrected chi connectivity index (χ4v) is 1.49. The lowest BCUT2D eigenvalue weighted by Crippen LogP contribution is -1.91. The number of aromatic nitrogens is 2. The molecule has 0 atom stereocenters. The lowest BCUT2D eigenvalue weighted by atomic mass is 10.2. The van der Waals surface area contributed by atoms with Gasteiger partial charge in [-0.1, -0.05) is 0 Å². The highest BCUT2D eigenvalue weighted by Gasteiger charge is 2.12. The zero-order valence-electron chi connectivity index (χ0n) is 7.96. The third kappa shape index (κ3) is 1.03. The molecule has 0 aliphatic carbocycles. The van der Waals surface area contributed by atoms with Crippen molar-refractivity contribution in [1.29, 1.82) is 0 Å². The Hall–Kier alpha value is -2.02. The number of aromatic amines is 1. The van der Waals surface area contributed by atoms with E-state index in [1.807, 2.05) is 13.0 Å². The summed E-state index contributed by atoms with van der Waals surface area (Å²) in [6.45, 7) is 8.96. The van der Waals surface area contributed by atoms with Gasteiger partial charge < -0.3 is 9.72 Å². The van der Waals surface area contributed by atoms with Crippen molar-refractivity contribution in [1.82, 2.24) is 9.97 Å². The second-order valence-electron chi connectivity index (χ2n) is 2.93. The number of rotatable bonds is 1. The van der Waals surface area contributed by atoms with Gasteiger partial charge in [0.2, 0.25) is 5.88 Å². The molecule has 70 valence electrons. The van der Waals surface area contributed by atoms with Crippen LogP contribution in [0.25, 0.3) is 15.7 Å². The first-order valence-corrected chi connectivity index (χ1v) is 4.17. The summed E-state index contributed by atoms with van der Waals surface area (Å²) < 4.78 is 5.05.